The Morgan fingerprint density at radius 1 is 0.789 bits per heavy atom. The van der Waals surface area contributed by atoms with Gasteiger partial charge in [-0.2, -0.15) is 0 Å². The van der Waals surface area contributed by atoms with Crippen LogP contribution < -0.4 is 0 Å². The molecule has 2 aromatic rings. The smallest absolute Gasteiger partial charge is 0.123 e. The molecule has 0 bridgehead atoms. The van der Waals surface area contributed by atoms with Gasteiger partial charge < -0.3 is 0 Å². The first-order valence-electron chi connectivity index (χ1n) is 6.62. The van der Waals surface area contributed by atoms with Crippen molar-refractivity contribution in [2.45, 2.75) is 25.9 Å². The zero-order valence-electron chi connectivity index (χ0n) is 11.7. The van der Waals surface area contributed by atoms with Gasteiger partial charge in [-0.15, -0.1) is 0 Å². The predicted molar refractivity (Wildman–Crippen MR) is 77.4 cm³/mol. The SMILES string of the molecule is CC(c1ccc(F)cc1)N(C)[C@H](C)c1ccccc1. The van der Waals surface area contributed by atoms with Crippen LogP contribution in [0.15, 0.2) is 54.6 Å². The Morgan fingerprint density at radius 3 is 1.79 bits per heavy atom. The molecule has 0 amide bonds. The van der Waals surface area contributed by atoms with Crippen molar-refractivity contribution in [3.8, 4) is 0 Å². The molecule has 2 rings (SSSR count). The molecule has 0 aliphatic rings. The highest BCUT2D eigenvalue weighted by molar-refractivity contribution is 5.22. The summed E-state index contributed by atoms with van der Waals surface area (Å²) >= 11 is 0. The second kappa shape index (κ2) is 5.98. The largest absolute Gasteiger partial charge is 0.293 e. The summed E-state index contributed by atoms with van der Waals surface area (Å²) in [6, 6.07) is 17.7. The first-order chi connectivity index (χ1) is 9.09. The zero-order valence-corrected chi connectivity index (χ0v) is 11.7. The van der Waals surface area contributed by atoms with Gasteiger partial charge in [-0.05, 0) is 44.2 Å². The highest BCUT2D eigenvalue weighted by Gasteiger charge is 2.18. The van der Waals surface area contributed by atoms with Crippen molar-refractivity contribution in [3.63, 3.8) is 0 Å². The lowest BCUT2D eigenvalue weighted by Gasteiger charge is -2.31. The molecule has 0 aliphatic heterocycles. The van der Waals surface area contributed by atoms with Crippen molar-refractivity contribution in [1.82, 2.24) is 4.90 Å². The molecule has 2 aromatic carbocycles. The van der Waals surface area contributed by atoms with Gasteiger partial charge in [0.05, 0.1) is 0 Å². The molecule has 0 aromatic heterocycles. The third-order valence-electron chi connectivity index (χ3n) is 3.86. The van der Waals surface area contributed by atoms with Crippen molar-refractivity contribution < 1.29 is 4.39 Å². The molecule has 0 fully saturated rings. The summed E-state index contributed by atoms with van der Waals surface area (Å²) in [6.45, 7) is 4.34. The van der Waals surface area contributed by atoms with E-state index in [2.05, 4.69) is 50.1 Å². The Bertz CT molecular complexity index is 507. The number of hydrogen-bond donors (Lipinski definition) is 0. The number of rotatable bonds is 4. The highest BCUT2D eigenvalue weighted by Crippen LogP contribution is 2.28. The lowest BCUT2D eigenvalue weighted by atomic mass is 10.0. The van der Waals surface area contributed by atoms with E-state index in [1.54, 1.807) is 0 Å². The normalized spacial score (nSPS) is 14.4. The second-order valence-electron chi connectivity index (χ2n) is 4.98. The first kappa shape index (κ1) is 13.8. The Hall–Kier alpha value is -1.67. The van der Waals surface area contributed by atoms with Crippen LogP contribution in [0.1, 0.15) is 37.1 Å². The minimum Gasteiger partial charge on any atom is -0.293 e. The molecule has 0 radical (unpaired) electrons. The predicted octanol–water partition coefficient (Wildman–Crippen LogP) is 4.58. The summed E-state index contributed by atoms with van der Waals surface area (Å²) in [5, 5.41) is 0. The summed E-state index contributed by atoms with van der Waals surface area (Å²) in [4.78, 5) is 2.29. The molecule has 0 saturated carbocycles. The molecular formula is C17H20FN. The van der Waals surface area contributed by atoms with Gasteiger partial charge in [-0.3, -0.25) is 4.90 Å². The van der Waals surface area contributed by atoms with Crippen molar-refractivity contribution in [3.05, 3.63) is 71.5 Å². The lowest BCUT2D eigenvalue weighted by Crippen LogP contribution is -2.25. The van der Waals surface area contributed by atoms with E-state index in [0.717, 1.165) is 5.56 Å². The summed E-state index contributed by atoms with van der Waals surface area (Å²) in [6.07, 6.45) is 0. The van der Waals surface area contributed by atoms with Crippen molar-refractivity contribution >= 4 is 0 Å². The standard InChI is InChI=1S/C17H20FN/c1-13(15-7-5-4-6-8-15)19(3)14(2)16-9-11-17(18)12-10-16/h4-14H,1-3H3/t13-,14?/m1/s1. The lowest BCUT2D eigenvalue weighted by molar-refractivity contribution is 0.199. The van der Waals surface area contributed by atoms with Gasteiger partial charge >= 0.3 is 0 Å². The molecule has 0 heterocycles. The minimum absolute atomic E-state index is 0.185. The van der Waals surface area contributed by atoms with Crippen LogP contribution in [0.5, 0.6) is 0 Å². The van der Waals surface area contributed by atoms with E-state index in [4.69, 9.17) is 0 Å². The van der Waals surface area contributed by atoms with E-state index in [9.17, 15) is 4.39 Å². The molecule has 100 valence electrons. The molecule has 0 saturated heterocycles. The molecule has 0 aliphatic carbocycles. The van der Waals surface area contributed by atoms with Gasteiger partial charge in [0, 0.05) is 12.1 Å². The van der Waals surface area contributed by atoms with E-state index in [0.29, 0.717) is 6.04 Å². The zero-order chi connectivity index (χ0) is 13.8. The molecule has 1 unspecified atom stereocenters. The Balaban J connectivity index is 2.15. The molecule has 1 nitrogen and oxygen atoms in total. The Kier molecular flexibility index (Phi) is 4.33. The maximum absolute atomic E-state index is 13.0. The van der Waals surface area contributed by atoms with Gasteiger partial charge in [0.15, 0.2) is 0 Å². The van der Waals surface area contributed by atoms with E-state index in [1.165, 1.54) is 17.7 Å². The summed E-state index contributed by atoms with van der Waals surface area (Å²) < 4.78 is 13.0. The van der Waals surface area contributed by atoms with Crippen LogP contribution in [-0.2, 0) is 0 Å². The third-order valence-corrected chi connectivity index (χ3v) is 3.86. The summed E-state index contributed by atoms with van der Waals surface area (Å²) in [7, 11) is 2.10. The van der Waals surface area contributed by atoms with Crippen LogP contribution in [0.2, 0.25) is 0 Å². The van der Waals surface area contributed by atoms with Gasteiger partial charge in [0.25, 0.3) is 0 Å². The summed E-state index contributed by atoms with van der Waals surface area (Å²) in [5.41, 5.74) is 2.42. The van der Waals surface area contributed by atoms with E-state index >= 15 is 0 Å². The number of halogens is 1. The van der Waals surface area contributed by atoms with Crippen molar-refractivity contribution in [1.29, 1.82) is 0 Å². The van der Waals surface area contributed by atoms with Crippen LogP contribution in [-0.4, -0.2) is 11.9 Å². The van der Waals surface area contributed by atoms with Crippen molar-refractivity contribution in [2.24, 2.45) is 0 Å². The average Bonchev–Trinajstić information content (AvgIpc) is 2.46. The maximum atomic E-state index is 13.0. The minimum atomic E-state index is -0.185. The monoisotopic (exact) mass is 257 g/mol. The van der Waals surface area contributed by atoms with Crippen molar-refractivity contribution in [2.75, 3.05) is 7.05 Å². The van der Waals surface area contributed by atoms with Crippen LogP contribution in [0, 0.1) is 5.82 Å². The van der Waals surface area contributed by atoms with Crippen LogP contribution in [0.3, 0.4) is 0 Å². The topological polar surface area (TPSA) is 3.24 Å². The fourth-order valence-corrected chi connectivity index (χ4v) is 2.28. The summed E-state index contributed by atoms with van der Waals surface area (Å²) in [5.74, 6) is -0.185. The van der Waals surface area contributed by atoms with Crippen LogP contribution in [0.25, 0.3) is 0 Å². The van der Waals surface area contributed by atoms with Gasteiger partial charge in [-0.1, -0.05) is 42.5 Å². The van der Waals surface area contributed by atoms with Gasteiger partial charge in [0.2, 0.25) is 0 Å². The van der Waals surface area contributed by atoms with Crippen LogP contribution in [0.4, 0.5) is 4.39 Å². The molecule has 19 heavy (non-hydrogen) atoms. The van der Waals surface area contributed by atoms with E-state index in [-0.39, 0.29) is 11.9 Å². The maximum Gasteiger partial charge on any atom is 0.123 e. The van der Waals surface area contributed by atoms with E-state index in [1.807, 2.05) is 18.2 Å². The Labute approximate surface area is 114 Å². The average molecular weight is 257 g/mol. The van der Waals surface area contributed by atoms with Gasteiger partial charge in [0.1, 0.15) is 5.82 Å². The molecular weight excluding hydrogens is 237 g/mol. The molecule has 0 N–H and O–H groups in total. The number of hydrogen-bond acceptors (Lipinski definition) is 1. The first-order valence-corrected chi connectivity index (χ1v) is 6.62. The molecule has 2 atom stereocenters. The number of nitrogens with zero attached hydrogens (tertiary/aromatic N) is 1. The fraction of sp³-hybridized carbons (Fsp3) is 0.294. The Morgan fingerprint density at radius 2 is 1.26 bits per heavy atom. The third kappa shape index (κ3) is 3.21. The molecule has 0 spiro atoms. The second-order valence-corrected chi connectivity index (χ2v) is 4.98. The number of benzene rings is 2. The fourth-order valence-electron chi connectivity index (χ4n) is 2.28. The van der Waals surface area contributed by atoms with Crippen LogP contribution >= 0.6 is 0 Å². The quantitative estimate of drug-likeness (QED) is 0.775. The molecule has 2 heteroatoms. The highest BCUT2D eigenvalue weighted by atomic mass is 19.1. The van der Waals surface area contributed by atoms with Gasteiger partial charge in [-0.25, -0.2) is 4.39 Å². The van der Waals surface area contributed by atoms with E-state index < -0.39 is 0 Å².